The molecule has 0 atom stereocenters. The van der Waals surface area contributed by atoms with Crippen molar-refractivity contribution in [2.24, 2.45) is 0 Å². The molecule has 0 bridgehead atoms. The Morgan fingerprint density at radius 1 is 0.406 bits per heavy atom. The first-order valence-corrected chi connectivity index (χ1v) is 10.3. The number of hydrogen-bond acceptors (Lipinski definition) is 1. The van der Waals surface area contributed by atoms with Crippen LogP contribution in [0.2, 0.25) is 0 Å². The summed E-state index contributed by atoms with van der Waals surface area (Å²) >= 11 is 0. The quantitative estimate of drug-likeness (QED) is 0.251. The van der Waals surface area contributed by atoms with Gasteiger partial charge in [-0.3, -0.25) is 0 Å². The van der Waals surface area contributed by atoms with E-state index in [-0.39, 0.29) is 35.3 Å². The van der Waals surface area contributed by atoms with Crippen LogP contribution in [0.5, 0.6) is 5.75 Å². The van der Waals surface area contributed by atoms with Crippen molar-refractivity contribution in [1.82, 2.24) is 0 Å². The topological polar surface area (TPSA) is 20.2 Å². The summed E-state index contributed by atoms with van der Waals surface area (Å²) in [5, 5.41) is 10.7. The van der Waals surface area contributed by atoms with Crippen LogP contribution in [0.15, 0.2) is 103 Å². The van der Waals surface area contributed by atoms with Crippen molar-refractivity contribution < 1.29 is 5.11 Å². The molecule has 1 N–H and O–H groups in total. The van der Waals surface area contributed by atoms with Crippen molar-refractivity contribution in [2.45, 2.75) is 0 Å². The standard InChI is InChI=1S/C30H24O.Na/c31-30-23-20-27(19-16-24-10-4-1-5-11-24)28(21-17-25-12-6-2-7-13-25)29(30)22-18-26-14-8-3-9-15-26;/h1-23,31H;. The Kier molecular flexibility index (Phi) is 8.89. The van der Waals surface area contributed by atoms with Crippen LogP contribution in [0.25, 0.3) is 36.5 Å². The molecule has 0 aliphatic rings. The molecule has 0 heterocycles. The van der Waals surface area contributed by atoms with Crippen molar-refractivity contribution in [3.05, 3.63) is 137 Å². The van der Waals surface area contributed by atoms with E-state index in [1.807, 2.05) is 84.9 Å². The van der Waals surface area contributed by atoms with Gasteiger partial charge in [-0.05, 0) is 33.9 Å². The molecule has 4 rings (SSSR count). The third-order valence-electron chi connectivity index (χ3n) is 5.04. The molecule has 0 aliphatic heterocycles. The van der Waals surface area contributed by atoms with Gasteiger partial charge in [-0.15, -0.1) is 0 Å². The minimum atomic E-state index is 0. The summed E-state index contributed by atoms with van der Waals surface area (Å²) in [6, 6.07) is 34.2. The predicted molar refractivity (Wildman–Crippen MR) is 140 cm³/mol. The molecule has 2 heteroatoms. The van der Waals surface area contributed by atoms with E-state index in [0.717, 1.165) is 33.4 Å². The Labute approximate surface area is 212 Å². The first-order chi connectivity index (χ1) is 15.3. The van der Waals surface area contributed by atoms with Gasteiger partial charge in [0.2, 0.25) is 0 Å². The average molecular weight is 424 g/mol. The average Bonchev–Trinajstić information content (AvgIpc) is 2.83. The number of benzene rings is 4. The van der Waals surface area contributed by atoms with Crippen LogP contribution in [-0.2, 0) is 0 Å². The SMILES string of the molecule is Oc1ccc(C=Cc2ccccc2)c(C=Cc2ccccc2)c1C=Cc1ccccc1.[Na]. The number of aromatic hydroxyl groups is 1. The largest absolute Gasteiger partial charge is 0.507 e. The zero-order valence-electron chi connectivity index (χ0n) is 18.2. The first-order valence-electron chi connectivity index (χ1n) is 10.3. The molecule has 0 aromatic heterocycles. The molecule has 0 spiro atoms. The number of phenolic OH excluding ortho intramolecular Hbond substituents is 1. The Morgan fingerprint density at radius 2 is 0.812 bits per heavy atom. The molecule has 0 unspecified atom stereocenters. The van der Waals surface area contributed by atoms with Crippen LogP contribution < -0.4 is 0 Å². The second-order valence-electron chi connectivity index (χ2n) is 7.23. The molecule has 32 heavy (non-hydrogen) atoms. The van der Waals surface area contributed by atoms with Crippen LogP contribution in [0.4, 0.5) is 0 Å². The van der Waals surface area contributed by atoms with E-state index >= 15 is 0 Å². The molecule has 0 saturated heterocycles. The fraction of sp³-hybridized carbons (Fsp3) is 0. The maximum absolute atomic E-state index is 10.7. The maximum atomic E-state index is 10.7. The molecule has 4 aromatic carbocycles. The third kappa shape index (κ3) is 6.45. The number of rotatable bonds is 6. The number of phenols is 1. The maximum Gasteiger partial charge on any atom is 0.123 e. The van der Waals surface area contributed by atoms with Gasteiger partial charge in [0.25, 0.3) is 0 Å². The first kappa shape index (κ1) is 23.6. The van der Waals surface area contributed by atoms with Gasteiger partial charge in [0.05, 0.1) is 0 Å². The molecule has 4 aromatic rings. The van der Waals surface area contributed by atoms with Crippen LogP contribution in [0.1, 0.15) is 33.4 Å². The smallest absolute Gasteiger partial charge is 0.123 e. The number of hydrogen-bond donors (Lipinski definition) is 1. The Morgan fingerprint density at radius 3 is 1.28 bits per heavy atom. The van der Waals surface area contributed by atoms with Gasteiger partial charge in [0.1, 0.15) is 5.75 Å². The minimum absolute atomic E-state index is 0. The van der Waals surface area contributed by atoms with Crippen molar-refractivity contribution >= 4 is 66.0 Å². The van der Waals surface area contributed by atoms with Crippen LogP contribution in [0.3, 0.4) is 0 Å². The van der Waals surface area contributed by atoms with E-state index in [4.69, 9.17) is 0 Å². The van der Waals surface area contributed by atoms with Gasteiger partial charge in [-0.1, -0.05) is 134 Å². The van der Waals surface area contributed by atoms with Gasteiger partial charge < -0.3 is 5.11 Å². The van der Waals surface area contributed by atoms with Gasteiger partial charge in [-0.2, -0.15) is 0 Å². The zero-order valence-corrected chi connectivity index (χ0v) is 20.2. The van der Waals surface area contributed by atoms with E-state index < -0.39 is 0 Å². The molecule has 151 valence electrons. The van der Waals surface area contributed by atoms with Gasteiger partial charge in [0, 0.05) is 35.1 Å². The van der Waals surface area contributed by atoms with Crippen molar-refractivity contribution in [3.8, 4) is 5.75 Å². The zero-order chi connectivity index (χ0) is 21.3. The summed E-state index contributed by atoms with van der Waals surface area (Å²) < 4.78 is 0. The van der Waals surface area contributed by atoms with Gasteiger partial charge in [-0.25, -0.2) is 0 Å². The Bertz CT molecular complexity index is 1210. The second-order valence-corrected chi connectivity index (χ2v) is 7.23. The van der Waals surface area contributed by atoms with E-state index in [1.54, 1.807) is 6.07 Å². The van der Waals surface area contributed by atoms with E-state index in [1.165, 1.54) is 0 Å². The molecule has 0 saturated carbocycles. The third-order valence-corrected chi connectivity index (χ3v) is 5.04. The van der Waals surface area contributed by atoms with E-state index in [0.29, 0.717) is 0 Å². The van der Waals surface area contributed by atoms with Crippen molar-refractivity contribution in [2.75, 3.05) is 0 Å². The van der Waals surface area contributed by atoms with Crippen molar-refractivity contribution in [1.29, 1.82) is 0 Å². The molecule has 1 nitrogen and oxygen atoms in total. The summed E-state index contributed by atoms with van der Waals surface area (Å²) in [5.74, 6) is 0.261. The summed E-state index contributed by atoms with van der Waals surface area (Å²) in [6.07, 6.45) is 12.4. The van der Waals surface area contributed by atoms with Gasteiger partial charge in [0.15, 0.2) is 0 Å². The second kappa shape index (κ2) is 12.1. The van der Waals surface area contributed by atoms with Crippen molar-refractivity contribution in [3.63, 3.8) is 0 Å². The normalized spacial score (nSPS) is 11.2. The fourth-order valence-corrected chi connectivity index (χ4v) is 3.39. The molecule has 1 radical (unpaired) electrons. The summed E-state index contributed by atoms with van der Waals surface area (Å²) in [6.45, 7) is 0. The summed E-state index contributed by atoms with van der Waals surface area (Å²) in [5.41, 5.74) is 6.15. The van der Waals surface area contributed by atoms with E-state index in [9.17, 15) is 5.11 Å². The molecule has 0 fully saturated rings. The molecule has 0 aliphatic carbocycles. The summed E-state index contributed by atoms with van der Waals surface area (Å²) in [7, 11) is 0. The van der Waals surface area contributed by atoms with Gasteiger partial charge >= 0.3 is 0 Å². The molecule has 0 amide bonds. The van der Waals surface area contributed by atoms with Crippen LogP contribution in [-0.4, -0.2) is 34.7 Å². The molecular weight excluding hydrogens is 399 g/mol. The Balaban J connectivity index is 0.00000289. The predicted octanol–water partition coefficient (Wildman–Crippen LogP) is 7.52. The fourth-order valence-electron chi connectivity index (χ4n) is 3.39. The Hall–Kier alpha value is -3.10. The van der Waals surface area contributed by atoms with Crippen LogP contribution in [0, 0.1) is 0 Å². The monoisotopic (exact) mass is 423 g/mol. The van der Waals surface area contributed by atoms with E-state index in [2.05, 4.69) is 48.6 Å². The molecular formula is C30H24NaO. The minimum Gasteiger partial charge on any atom is -0.507 e. The summed E-state index contributed by atoms with van der Waals surface area (Å²) in [4.78, 5) is 0. The van der Waals surface area contributed by atoms with Crippen LogP contribution >= 0.6 is 0 Å².